The Bertz CT molecular complexity index is 3160. The van der Waals surface area contributed by atoms with Crippen molar-refractivity contribution >= 4 is 80.0 Å². The smallest absolute Gasteiger partial charge is 0.414 e. The van der Waals surface area contributed by atoms with Crippen molar-refractivity contribution in [2.75, 3.05) is 46.9 Å². The predicted octanol–water partition coefficient (Wildman–Crippen LogP) is 13.6. The number of para-hydroxylation sites is 4. The fourth-order valence-electron chi connectivity index (χ4n) is 8.76. The highest BCUT2D eigenvalue weighted by Gasteiger charge is 2.48. The van der Waals surface area contributed by atoms with E-state index in [1.165, 1.54) is 7.11 Å². The summed E-state index contributed by atoms with van der Waals surface area (Å²) in [6.45, 7) is 2.39. The maximum absolute atomic E-state index is 15.0. The van der Waals surface area contributed by atoms with Crippen LogP contribution in [-0.4, -0.2) is 42.9 Å². The van der Waals surface area contributed by atoms with Gasteiger partial charge in [-0.1, -0.05) is 153 Å². The van der Waals surface area contributed by atoms with Crippen molar-refractivity contribution in [3.05, 3.63) is 230 Å². The number of hydrogen-bond donors (Lipinski definition) is 6. The SMILES string of the molecule is CCNN(C)C(NC(=O)Oc1ccccc1)(c1ccccc1)c1c(NC(=O)OC)c(Nc2ccccn2)c(Nc2cccc3ccccc23)c(N(c2ccccc2)c2ccccc2)c1Nc1ccccc1. The van der Waals surface area contributed by atoms with E-state index in [4.69, 9.17) is 14.5 Å². The molecule has 9 rings (SSSR count). The number of amides is 2. The molecular weight excluding hydrogens is 887 g/mol. The quantitative estimate of drug-likeness (QED) is 0.0383. The van der Waals surface area contributed by atoms with Gasteiger partial charge in [-0.25, -0.2) is 19.6 Å². The average molecular weight is 940 g/mol. The van der Waals surface area contributed by atoms with E-state index >= 15 is 4.79 Å². The summed E-state index contributed by atoms with van der Waals surface area (Å²) in [5.74, 6) is 0.774. The Hall–Kier alpha value is -9.17. The highest BCUT2D eigenvalue weighted by atomic mass is 16.6. The minimum absolute atomic E-state index is 0.210. The second-order valence-corrected chi connectivity index (χ2v) is 16.3. The summed E-state index contributed by atoms with van der Waals surface area (Å²) in [5.41, 5.74) is 7.86. The number of rotatable bonds is 17. The number of fused-ring (bicyclic) bond motifs is 1. The zero-order chi connectivity index (χ0) is 49.0. The fraction of sp³-hybridized carbons (Fsp3) is 0.0862. The number of pyridine rings is 1. The number of aromatic nitrogens is 1. The monoisotopic (exact) mass is 939 g/mol. The highest BCUT2D eigenvalue weighted by molar-refractivity contribution is 6.12. The second-order valence-electron chi connectivity index (χ2n) is 16.3. The molecule has 0 saturated heterocycles. The molecule has 71 heavy (non-hydrogen) atoms. The third-order valence-electron chi connectivity index (χ3n) is 11.8. The van der Waals surface area contributed by atoms with E-state index in [1.807, 2.05) is 189 Å². The van der Waals surface area contributed by atoms with Crippen LogP contribution < -0.4 is 41.6 Å². The molecular formula is C58H53N9O4. The number of ether oxygens (including phenoxy) is 2. The lowest BCUT2D eigenvalue weighted by atomic mass is 9.85. The van der Waals surface area contributed by atoms with Crippen LogP contribution in [0.25, 0.3) is 10.8 Å². The molecule has 6 N–H and O–H groups in total. The molecule has 1 atom stereocenters. The van der Waals surface area contributed by atoms with Gasteiger partial charge in [0.15, 0.2) is 5.66 Å². The van der Waals surface area contributed by atoms with Crippen LogP contribution in [0.5, 0.6) is 5.75 Å². The third kappa shape index (κ3) is 10.2. The second kappa shape index (κ2) is 21.8. The van der Waals surface area contributed by atoms with E-state index in [0.717, 1.165) is 27.8 Å². The van der Waals surface area contributed by atoms with Crippen LogP contribution >= 0.6 is 0 Å². The molecule has 13 heteroatoms. The highest BCUT2D eigenvalue weighted by Crippen LogP contribution is 2.58. The van der Waals surface area contributed by atoms with E-state index < -0.39 is 17.8 Å². The van der Waals surface area contributed by atoms with E-state index in [9.17, 15) is 4.79 Å². The van der Waals surface area contributed by atoms with Crippen molar-refractivity contribution in [1.29, 1.82) is 0 Å². The van der Waals surface area contributed by atoms with Gasteiger partial charge < -0.3 is 30.3 Å². The Morgan fingerprint density at radius 1 is 0.577 bits per heavy atom. The van der Waals surface area contributed by atoms with Gasteiger partial charge in [-0.05, 0) is 77.7 Å². The van der Waals surface area contributed by atoms with Gasteiger partial charge in [0, 0.05) is 47.9 Å². The summed E-state index contributed by atoms with van der Waals surface area (Å²) in [5, 5.41) is 21.8. The van der Waals surface area contributed by atoms with Crippen LogP contribution in [0, 0.1) is 0 Å². The van der Waals surface area contributed by atoms with Gasteiger partial charge in [0.1, 0.15) is 11.6 Å². The van der Waals surface area contributed by atoms with Gasteiger partial charge in [-0.3, -0.25) is 16.1 Å². The summed E-state index contributed by atoms with van der Waals surface area (Å²) in [6, 6.07) is 68.0. The summed E-state index contributed by atoms with van der Waals surface area (Å²) in [6.07, 6.45) is 0.115. The normalized spacial score (nSPS) is 11.8. The van der Waals surface area contributed by atoms with E-state index in [0.29, 0.717) is 57.7 Å². The molecule has 0 aliphatic rings. The lowest BCUT2D eigenvalue weighted by molar-refractivity contribution is 0.0660. The van der Waals surface area contributed by atoms with Crippen molar-refractivity contribution in [3.63, 3.8) is 0 Å². The summed E-state index contributed by atoms with van der Waals surface area (Å²) < 4.78 is 11.6. The maximum atomic E-state index is 15.0. The van der Waals surface area contributed by atoms with Crippen molar-refractivity contribution in [2.45, 2.75) is 12.6 Å². The molecule has 0 saturated carbocycles. The van der Waals surface area contributed by atoms with Crippen molar-refractivity contribution < 1.29 is 19.1 Å². The molecule has 1 aromatic heterocycles. The number of anilines is 10. The number of carbonyl (C=O) groups excluding carboxylic acids is 2. The zero-order valence-electron chi connectivity index (χ0n) is 39.5. The number of nitrogens with zero attached hydrogens (tertiary/aromatic N) is 3. The van der Waals surface area contributed by atoms with Crippen LogP contribution in [0.1, 0.15) is 18.1 Å². The number of benzene rings is 8. The van der Waals surface area contributed by atoms with Gasteiger partial charge in [0.05, 0.1) is 41.1 Å². The minimum atomic E-state index is -1.77. The topological polar surface area (TPSA) is 144 Å². The van der Waals surface area contributed by atoms with Crippen molar-refractivity contribution in [1.82, 2.24) is 20.7 Å². The first-order valence-corrected chi connectivity index (χ1v) is 23.2. The molecule has 0 radical (unpaired) electrons. The van der Waals surface area contributed by atoms with E-state index in [2.05, 4.69) is 55.1 Å². The maximum Gasteiger partial charge on any atom is 0.414 e. The molecule has 0 fully saturated rings. The van der Waals surface area contributed by atoms with Crippen molar-refractivity contribution in [2.24, 2.45) is 0 Å². The molecule has 354 valence electrons. The number of nitrogens with one attached hydrogen (secondary N) is 6. The summed E-state index contributed by atoms with van der Waals surface area (Å²) in [7, 11) is 3.15. The van der Waals surface area contributed by atoms with Gasteiger partial charge in [0.2, 0.25) is 0 Å². The van der Waals surface area contributed by atoms with Crippen LogP contribution in [-0.2, 0) is 10.4 Å². The molecule has 13 nitrogen and oxygen atoms in total. The molecule has 1 unspecified atom stereocenters. The van der Waals surface area contributed by atoms with Crippen LogP contribution in [0.2, 0.25) is 0 Å². The molecule has 0 spiro atoms. The largest absolute Gasteiger partial charge is 0.453 e. The molecule has 9 aromatic rings. The minimum Gasteiger partial charge on any atom is -0.453 e. The van der Waals surface area contributed by atoms with Gasteiger partial charge in [0.25, 0.3) is 0 Å². The van der Waals surface area contributed by atoms with Gasteiger partial charge >= 0.3 is 12.2 Å². The number of hydrazine groups is 1. The fourth-order valence-corrected chi connectivity index (χ4v) is 8.76. The standard InChI is InChI=1S/C58H53N9O4/c1-4-60-66(2)58(42-27-10-5-11-28-42,65-57(69)71-46-35-18-9-19-36-46)50-51(64-56(68)70-3)53(63-49-39-22-23-40-59-49)54(62-48-38-24-26-41-25-20-21-37-47(41)48)55(52(50)61-43-29-12-6-13-30-43)67(44-31-14-7-15-32-44)45-33-16-8-17-34-45/h5-40,60-62H,4H2,1-3H3,(H,59,63)(H,64,68)(H,65,69). The Morgan fingerprint density at radius 3 is 1.80 bits per heavy atom. The molecule has 0 aliphatic heterocycles. The molecule has 0 aliphatic carbocycles. The van der Waals surface area contributed by atoms with Crippen molar-refractivity contribution in [3.8, 4) is 5.75 Å². The van der Waals surface area contributed by atoms with E-state index in [-0.39, 0.29) is 5.69 Å². The molecule has 1 heterocycles. The molecule has 0 bridgehead atoms. The Kier molecular flexibility index (Phi) is 14.4. The van der Waals surface area contributed by atoms with Crippen LogP contribution in [0.3, 0.4) is 0 Å². The lowest BCUT2D eigenvalue weighted by Crippen LogP contribution is -2.62. The van der Waals surface area contributed by atoms with Crippen LogP contribution in [0.15, 0.2) is 219 Å². The zero-order valence-corrected chi connectivity index (χ0v) is 39.5. The first-order chi connectivity index (χ1) is 34.9. The summed E-state index contributed by atoms with van der Waals surface area (Å²) in [4.78, 5) is 36.3. The Labute approximate surface area is 413 Å². The summed E-state index contributed by atoms with van der Waals surface area (Å²) >= 11 is 0. The van der Waals surface area contributed by atoms with E-state index in [1.54, 1.807) is 30.5 Å². The molecule has 2 amide bonds. The van der Waals surface area contributed by atoms with Crippen LogP contribution in [0.4, 0.5) is 66.6 Å². The molecule has 8 aromatic carbocycles. The predicted molar refractivity (Wildman–Crippen MR) is 286 cm³/mol. The number of hydrogen-bond acceptors (Lipinski definition) is 11. The Morgan fingerprint density at radius 2 is 1.17 bits per heavy atom. The Balaban J connectivity index is 1.54. The average Bonchev–Trinajstić information content (AvgIpc) is 3.42. The number of carbonyl (C=O) groups is 2. The number of methoxy groups -OCH3 is 1. The lowest BCUT2D eigenvalue weighted by Gasteiger charge is -2.46. The van der Waals surface area contributed by atoms with Gasteiger partial charge in [-0.2, -0.15) is 0 Å². The third-order valence-corrected chi connectivity index (χ3v) is 11.8. The first-order valence-electron chi connectivity index (χ1n) is 23.2. The first kappa shape index (κ1) is 46.9. The van der Waals surface area contributed by atoms with Gasteiger partial charge in [-0.15, -0.1) is 0 Å².